The van der Waals surface area contributed by atoms with Crippen LogP contribution in [0.2, 0.25) is 0 Å². The summed E-state index contributed by atoms with van der Waals surface area (Å²) < 4.78 is 28.9. The van der Waals surface area contributed by atoms with Crippen molar-refractivity contribution < 1.29 is 13.2 Å². The fraction of sp³-hybridized carbons (Fsp3) is 0.400. The lowest BCUT2D eigenvalue weighted by molar-refractivity contribution is 0.101. The SMILES string of the molecule is Cc1ccnc2nc(C(=O)Nc3ccc(S(=O)(=O)N(C)C4CCN(C)CC4)cc3)nn12. The summed E-state index contributed by atoms with van der Waals surface area (Å²) in [6, 6.07) is 7.88. The summed E-state index contributed by atoms with van der Waals surface area (Å²) in [5.74, 6) is -0.173. The second-order valence-electron chi connectivity index (χ2n) is 7.77. The van der Waals surface area contributed by atoms with E-state index in [4.69, 9.17) is 0 Å². The largest absolute Gasteiger partial charge is 0.319 e. The van der Waals surface area contributed by atoms with Crippen molar-refractivity contribution in [2.24, 2.45) is 0 Å². The highest BCUT2D eigenvalue weighted by Gasteiger charge is 2.30. The molecule has 1 aliphatic heterocycles. The second-order valence-corrected chi connectivity index (χ2v) is 9.77. The Balaban J connectivity index is 1.47. The topological polar surface area (TPSA) is 113 Å². The van der Waals surface area contributed by atoms with E-state index in [1.807, 2.05) is 14.0 Å². The molecule has 31 heavy (non-hydrogen) atoms. The van der Waals surface area contributed by atoms with Crippen molar-refractivity contribution in [3.05, 3.63) is 48.0 Å². The molecule has 3 heterocycles. The van der Waals surface area contributed by atoms with Gasteiger partial charge in [-0.1, -0.05) is 0 Å². The number of sulfonamides is 1. The Morgan fingerprint density at radius 3 is 2.48 bits per heavy atom. The molecule has 4 rings (SSSR count). The molecule has 11 heteroatoms. The van der Waals surface area contributed by atoms with E-state index in [0.29, 0.717) is 11.5 Å². The third-order valence-corrected chi connectivity index (χ3v) is 7.55. The molecule has 2 aromatic heterocycles. The van der Waals surface area contributed by atoms with Crippen LogP contribution in [0.4, 0.5) is 5.69 Å². The number of aromatic nitrogens is 4. The van der Waals surface area contributed by atoms with Gasteiger partial charge in [0.2, 0.25) is 15.8 Å². The highest BCUT2D eigenvalue weighted by molar-refractivity contribution is 7.89. The molecule has 1 saturated heterocycles. The van der Waals surface area contributed by atoms with Gasteiger partial charge in [-0.15, -0.1) is 5.10 Å². The van der Waals surface area contributed by atoms with E-state index in [0.717, 1.165) is 31.6 Å². The molecule has 10 nitrogen and oxygen atoms in total. The van der Waals surface area contributed by atoms with E-state index in [9.17, 15) is 13.2 Å². The quantitative estimate of drug-likeness (QED) is 0.634. The maximum atomic E-state index is 13.0. The summed E-state index contributed by atoms with van der Waals surface area (Å²) in [6.07, 6.45) is 3.21. The average Bonchev–Trinajstić information content (AvgIpc) is 3.20. The van der Waals surface area contributed by atoms with Crippen LogP contribution in [0.15, 0.2) is 41.4 Å². The van der Waals surface area contributed by atoms with Gasteiger partial charge in [-0.3, -0.25) is 4.79 Å². The third-order valence-electron chi connectivity index (χ3n) is 5.62. The van der Waals surface area contributed by atoms with E-state index < -0.39 is 15.9 Å². The van der Waals surface area contributed by atoms with Gasteiger partial charge in [0.05, 0.1) is 4.90 Å². The van der Waals surface area contributed by atoms with Gasteiger partial charge in [-0.25, -0.2) is 17.9 Å². The molecule has 0 spiro atoms. The highest BCUT2D eigenvalue weighted by atomic mass is 32.2. The predicted molar refractivity (Wildman–Crippen MR) is 115 cm³/mol. The van der Waals surface area contributed by atoms with Crippen LogP contribution in [0, 0.1) is 6.92 Å². The third kappa shape index (κ3) is 4.29. The molecule has 1 aliphatic rings. The Morgan fingerprint density at radius 1 is 1.16 bits per heavy atom. The van der Waals surface area contributed by atoms with Crippen LogP contribution in [0.1, 0.15) is 29.2 Å². The molecule has 0 saturated carbocycles. The van der Waals surface area contributed by atoms with Gasteiger partial charge < -0.3 is 10.2 Å². The van der Waals surface area contributed by atoms with Crippen LogP contribution >= 0.6 is 0 Å². The zero-order valence-corrected chi connectivity index (χ0v) is 18.5. The lowest BCUT2D eigenvalue weighted by Gasteiger charge is -2.34. The lowest BCUT2D eigenvalue weighted by Crippen LogP contribution is -2.44. The number of aryl methyl sites for hydroxylation is 1. The van der Waals surface area contributed by atoms with Crippen molar-refractivity contribution in [1.29, 1.82) is 0 Å². The lowest BCUT2D eigenvalue weighted by atomic mass is 10.1. The molecule has 0 atom stereocenters. The number of anilines is 1. The summed E-state index contributed by atoms with van der Waals surface area (Å²) in [5, 5.41) is 6.87. The monoisotopic (exact) mass is 443 g/mol. The number of fused-ring (bicyclic) bond motifs is 1. The minimum atomic E-state index is -3.61. The molecule has 0 radical (unpaired) electrons. The molecule has 1 aromatic carbocycles. The van der Waals surface area contributed by atoms with Crippen molar-refractivity contribution in [2.75, 3.05) is 32.5 Å². The smallest absolute Gasteiger partial charge is 0.295 e. The number of nitrogens with one attached hydrogen (secondary N) is 1. The zero-order valence-electron chi connectivity index (χ0n) is 17.7. The first-order chi connectivity index (χ1) is 14.8. The van der Waals surface area contributed by atoms with Gasteiger partial charge in [0.1, 0.15) is 0 Å². The Morgan fingerprint density at radius 2 is 1.84 bits per heavy atom. The summed E-state index contributed by atoms with van der Waals surface area (Å²) in [5.41, 5.74) is 1.26. The number of rotatable bonds is 5. The molecule has 1 N–H and O–H groups in total. The maximum absolute atomic E-state index is 13.0. The van der Waals surface area contributed by atoms with Gasteiger partial charge in [0.15, 0.2) is 0 Å². The van der Waals surface area contributed by atoms with Crippen molar-refractivity contribution in [1.82, 2.24) is 28.8 Å². The Labute approximate surface area is 181 Å². The standard InChI is InChI=1S/C20H25N7O3S/c1-14-8-11-21-20-23-18(24-27(14)20)19(28)22-15-4-6-17(7-5-15)31(29,30)26(3)16-9-12-25(2)13-10-16/h4-8,11,16H,9-10,12-13H2,1-3H3,(H,22,28). The molecule has 0 bridgehead atoms. The van der Waals surface area contributed by atoms with E-state index in [1.54, 1.807) is 31.4 Å². The molecular weight excluding hydrogens is 418 g/mol. The van der Waals surface area contributed by atoms with Crippen LogP contribution < -0.4 is 5.32 Å². The number of carbonyl (C=O) groups is 1. The number of piperidine rings is 1. The minimum absolute atomic E-state index is 0.0134. The predicted octanol–water partition coefficient (Wildman–Crippen LogP) is 1.40. The number of hydrogen-bond acceptors (Lipinski definition) is 7. The molecule has 0 unspecified atom stereocenters. The Kier molecular flexibility index (Phi) is 5.73. The molecule has 3 aromatic rings. The van der Waals surface area contributed by atoms with E-state index in [1.165, 1.54) is 21.0 Å². The van der Waals surface area contributed by atoms with E-state index in [-0.39, 0.29) is 16.8 Å². The van der Waals surface area contributed by atoms with Gasteiger partial charge in [0.25, 0.3) is 11.7 Å². The summed E-state index contributed by atoms with van der Waals surface area (Å²) >= 11 is 0. The molecule has 0 aliphatic carbocycles. The number of likely N-dealkylation sites (tertiary alicyclic amines) is 1. The first-order valence-electron chi connectivity index (χ1n) is 10.0. The van der Waals surface area contributed by atoms with Crippen molar-refractivity contribution in [3.63, 3.8) is 0 Å². The normalized spacial score (nSPS) is 16.1. The first-order valence-corrected chi connectivity index (χ1v) is 11.5. The molecule has 164 valence electrons. The van der Waals surface area contributed by atoms with Crippen molar-refractivity contribution >= 4 is 27.4 Å². The van der Waals surface area contributed by atoms with E-state index >= 15 is 0 Å². The number of benzene rings is 1. The first kappa shape index (κ1) is 21.3. The minimum Gasteiger partial charge on any atom is -0.319 e. The number of nitrogens with zero attached hydrogens (tertiary/aromatic N) is 6. The maximum Gasteiger partial charge on any atom is 0.295 e. The van der Waals surface area contributed by atoms with Crippen molar-refractivity contribution in [3.8, 4) is 0 Å². The molecule has 1 amide bonds. The van der Waals surface area contributed by atoms with Gasteiger partial charge in [-0.2, -0.15) is 9.29 Å². The van der Waals surface area contributed by atoms with Crippen LogP contribution in [0.5, 0.6) is 0 Å². The second kappa shape index (κ2) is 8.33. The molecule has 1 fully saturated rings. The summed E-state index contributed by atoms with van der Waals surface area (Å²) in [4.78, 5) is 23.1. The van der Waals surface area contributed by atoms with E-state index in [2.05, 4.69) is 25.3 Å². The Hall–Kier alpha value is -2.89. The zero-order chi connectivity index (χ0) is 22.2. The average molecular weight is 444 g/mol. The number of carbonyl (C=O) groups excluding carboxylic acids is 1. The Bertz CT molecular complexity index is 1200. The van der Waals surface area contributed by atoms with Gasteiger partial charge in [0, 0.05) is 30.7 Å². The van der Waals surface area contributed by atoms with Crippen LogP contribution in [-0.4, -0.2) is 76.3 Å². The van der Waals surface area contributed by atoms with Gasteiger partial charge in [-0.05, 0) is 70.2 Å². The summed E-state index contributed by atoms with van der Waals surface area (Å²) in [7, 11) is 0.0602. The number of hydrogen-bond donors (Lipinski definition) is 1. The van der Waals surface area contributed by atoms with Crippen LogP contribution in [-0.2, 0) is 10.0 Å². The van der Waals surface area contributed by atoms with Crippen LogP contribution in [0.3, 0.4) is 0 Å². The van der Waals surface area contributed by atoms with Crippen LogP contribution in [0.25, 0.3) is 5.78 Å². The fourth-order valence-electron chi connectivity index (χ4n) is 3.62. The summed E-state index contributed by atoms with van der Waals surface area (Å²) in [6.45, 7) is 3.59. The van der Waals surface area contributed by atoms with Crippen molar-refractivity contribution in [2.45, 2.75) is 30.7 Å². The van der Waals surface area contributed by atoms with Gasteiger partial charge >= 0.3 is 0 Å². The number of amides is 1. The highest BCUT2D eigenvalue weighted by Crippen LogP contribution is 2.23. The molecular formula is C20H25N7O3S. The fourth-order valence-corrected chi connectivity index (χ4v) is 5.04.